The fourth-order valence-corrected chi connectivity index (χ4v) is 5.40. The molecular formula is C18H38N3O6P. The van der Waals surface area contributed by atoms with Crippen LogP contribution in [0.25, 0.3) is 0 Å². The zero-order valence-electron chi connectivity index (χ0n) is 17.2. The van der Waals surface area contributed by atoms with Crippen molar-refractivity contribution in [2.75, 3.05) is 18.9 Å². The first-order chi connectivity index (χ1) is 12.5. The Morgan fingerprint density at radius 3 is 2.25 bits per heavy atom. The van der Waals surface area contributed by atoms with Crippen LogP contribution in [0.15, 0.2) is 0 Å². The van der Waals surface area contributed by atoms with Crippen molar-refractivity contribution in [3.8, 4) is 0 Å². The SMILES string of the molecule is CC(NC(=O)C(N)C(C)C)C(=O)NCC(O)CP(=O)(O)CC1CCCCC1.O. The molecule has 28 heavy (non-hydrogen) atoms. The Hall–Kier alpha value is -0.990. The van der Waals surface area contributed by atoms with Crippen LogP contribution in [0.2, 0.25) is 0 Å². The molecule has 0 bridgehead atoms. The van der Waals surface area contributed by atoms with Gasteiger partial charge in [0.25, 0.3) is 0 Å². The Bertz CT molecular complexity index is 539. The van der Waals surface area contributed by atoms with Crippen LogP contribution in [0.1, 0.15) is 52.9 Å². The third-order valence-electron chi connectivity index (χ3n) is 5.05. The van der Waals surface area contributed by atoms with Crippen LogP contribution in [0.4, 0.5) is 0 Å². The van der Waals surface area contributed by atoms with Crippen LogP contribution in [-0.2, 0) is 14.2 Å². The summed E-state index contributed by atoms with van der Waals surface area (Å²) in [6.07, 6.45) is 4.19. The predicted molar refractivity (Wildman–Crippen MR) is 109 cm³/mol. The molecule has 8 N–H and O–H groups in total. The molecule has 0 spiro atoms. The predicted octanol–water partition coefficient (Wildman–Crippen LogP) is -0.0225. The van der Waals surface area contributed by atoms with E-state index >= 15 is 0 Å². The Balaban J connectivity index is 0.00000729. The van der Waals surface area contributed by atoms with Gasteiger partial charge in [0.05, 0.1) is 18.3 Å². The van der Waals surface area contributed by atoms with Gasteiger partial charge in [-0.3, -0.25) is 14.2 Å². The van der Waals surface area contributed by atoms with Crippen LogP contribution < -0.4 is 16.4 Å². The van der Waals surface area contributed by atoms with E-state index in [0.717, 1.165) is 25.7 Å². The van der Waals surface area contributed by atoms with E-state index in [2.05, 4.69) is 10.6 Å². The highest BCUT2D eigenvalue weighted by Gasteiger charge is 2.29. The van der Waals surface area contributed by atoms with Gasteiger partial charge in [0, 0.05) is 12.7 Å². The van der Waals surface area contributed by atoms with E-state index in [4.69, 9.17) is 5.73 Å². The van der Waals surface area contributed by atoms with Crippen molar-refractivity contribution >= 4 is 19.2 Å². The largest absolute Gasteiger partial charge is 0.412 e. The molecule has 2 amide bonds. The summed E-state index contributed by atoms with van der Waals surface area (Å²) in [5, 5.41) is 15.1. The zero-order chi connectivity index (χ0) is 20.6. The Morgan fingerprint density at radius 2 is 1.71 bits per heavy atom. The molecule has 1 aliphatic rings. The third-order valence-corrected chi connectivity index (χ3v) is 7.13. The number of hydrogen-bond acceptors (Lipinski definition) is 5. The molecule has 0 saturated heterocycles. The molecule has 10 heteroatoms. The molecule has 0 aromatic heterocycles. The van der Waals surface area contributed by atoms with E-state index in [9.17, 15) is 24.2 Å². The Kier molecular flexibility index (Phi) is 12.1. The normalized spacial score (nSPS) is 20.4. The molecule has 4 unspecified atom stereocenters. The first-order valence-corrected chi connectivity index (χ1v) is 11.9. The van der Waals surface area contributed by atoms with Crippen molar-refractivity contribution in [2.45, 2.75) is 71.1 Å². The zero-order valence-corrected chi connectivity index (χ0v) is 18.1. The number of nitrogens with one attached hydrogen (secondary N) is 2. The van der Waals surface area contributed by atoms with E-state index < -0.39 is 37.4 Å². The molecule has 1 saturated carbocycles. The summed E-state index contributed by atoms with van der Waals surface area (Å²) in [5.74, 6) is -0.694. The van der Waals surface area contributed by atoms with Gasteiger partial charge in [-0.1, -0.05) is 33.1 Å². The van der Waals surface area contributed by atoms with Crippen LogP contribution in [0, 0.1) is 11.8 Å². The maximum absolute atomic E-state index is 12.4. The van der Waals surface area contributed by atoms with Gasteiger partial charge in [-0.05, 0) is 31.6 Å². The van der Waals surface area contributed by atoms with Crippen LogP contribution in [-0.4, -0.2) is 64.3 Å². The molecule has 1 fully saturated rings. The van der Waals surface area contributed by atoms with Crippen molar-refractivity contribution in [3.05, 3.63) is 0 Å². The second kappa shape index (κ2) is 12.5. The molecule has 0 heterocycles. The minimum atomic E-state index is -3.44. The number of nitrogens with two attached hydrogens (primary N) is 1. The summed E-state index contributed by atoms with van der Waals surface area (Å²) >= 11 is 0. The summed E-state index contributed by atoms with van der Waals surface area (Å²) < 4.78 is 12.4. The number of amides is 2. The van der Waals surface area contributed by atoms with E-state index in [1.165, 1.54) is 13.3 Å². The molecule has 1 rings (SSSR count). The minimum Gasteiger partial charge on any atom is -0.412 e. The lowest BCUT2D eigenvalue weighted by Gasteiger charge is -2.25. The summed E-state index contributed by atoms with van der Waals surface area (Å²) in [6, 6.07) is -1.51. The highest BCUT2D eigenvalue weighted by Crippen LogP contribution is 2.45. The van der Waals surface area contributed by atoms with Crippen molar-refractivity contribution in [3.63, 3.8) is 0 Å². The number of carbonyl (C=O) groups is 2. The average molecular weight is 423 g/mol. The smallest absolute Gasteiger partial charge is 0.242 e. The van der Waals surface area contributed by atoms with Crippen molar-refractivity contribution in [2.24, 2.45) is 17.6 Å². The Morgan fingerprint density at radius 1 is 1.14 bits per heavy atom. The summed E-state index contributed by atoms with van der Waals surface area (Å²) in [4.78, 5) is 34.1. The highest BCUT2D eigenvalue weighted by atomic mass is 31.2. The van der Waals surface area contributed by atoms with Gasteiger partial charge in [0.15, 0.2) is 0 Å². The standard InChI is InChI=1S/C18H36N3O5P.H2O/c1-12(2)16(19)18(24)21-13(3)17(23)20-9-15(22)11-27(25,26)10-14-7-5-4-6-8-14;/h12-16,22H,4-11,19H2,1-3H3,(H,20,23)(H,21,24)(H,25,26);1H2. The van der Waals surface area contributed by atoms with E-state index in [1.54, 1.807) is 0 Å². The first kappa shape index (κ1) is 27.0. The molecule has 0 radical (unpaired) electrons. The summed E-state index contributed by atoms with van der Waals surface area (Å²) in [7, 11) is -3.44. The van der Waals surface area contributed by atoms with Crippen LogP contribution in [0.5, 0.6) is 0 Å². The topological polar surface area (TPSA) is 173 Å². The minimum absolute atomic E-state index is 0. The molecule has 0 aromatic carbocycles. The molecule has 1 aliphatic carbocycles. The number of rotatable bonds is 10. The molecule has 4 atom stereocenters. The molecular weight excluding hydrogens is 385 g/mol. The number of aliphatic hydroxyl groups excluding tert-OH is 1. The van der Waals surface area contributed by atoms with E-state index in [-0.39, 0.29) is 36.2 Å². The number of hydrogen-bond donors (Lipinski definition) is 5. The molecule has 0 aliphatic heterocycles. The van der Waals surface area contributed by atoms with Gasteiger partial charge in [-0.25, -0.2) is 0 Å². The van der Waals surface area contributed by atoms with Gasteiger partial charge < -0.3 is 31.8 Å². The lowest BCUT2D eigenvalue weighted by atomic mass is 9.91. The first-order valence-electron chi connectivity index (χ1n) is 9.84. The van der Waals surface area contributed by atoms with E-state index in [0.29, 0.717) is 0 Å². The molecule has 0 aromatic rings. The third kappa shape index (κ3) is 9.98. The Labute approximate surface area is 167 Å². The highest BCUT2D eigenvalue weighted by molar-refractivity contribution is 7.58. The van der Waals surface area contributed by atoms with Gasteiger partial charge >= 0.3 is 0 Å². The summed E-state index contributed by atoms with van der Waals surface area (Å²) in [5.41, 5.74) is 5.73. The number of carbonyl (C=O) groups excluding carboxylic acids is 2. The van der Waals surface area contributed by atoms with Crippen molar-refractivity contribution < 1.29 is 29.6 Å². The van der Waals surface area contributed by atoms with Gasteiger partial charge in [-0.2, -0.15) is 0 Å². The lowest BCUT2D eigenvalue weighted by Crippen LogP contribution is -2.52. The fourth-order valence-electron chi connectivity index (χ4n) is 3.29. The van der Waals surface area contributed by atoms with Gasteiger partial charge in [0.2, 0.25) is 19.2 Å². The molecule has 9 nitrogen and oxygen atoms in total. The lowest BCUT2D eigenvalue weighted by molar-refractivity contribution is -0.129. The quantitative estimate of drug-likeness (QED) is 0.309. The summed E-state index contributed by atoms with van der Waals surface area (Å²) in [6.45, 7) is 5.01. The second-order valence-corrected chi connectivity index (χ2v) is 10.5. The second-order valence-electron chi connectivity index (χ2n) is 8.11. The van der Waals surface area contributed by atoms with Crippen molar-refractivity contribution in [1.82, 2.24) is 10.6 Å². The van der Waals surface area contributed by atoms with Gasteiger partial charge in [0.1, 0.15) is 6.04 Å². The maximum Gasteiger partial charge on any atom is 0.242 e. The maximum atomic E-state index is 12.4. The van der Waals surface area contributed by atoms with E-state index in [1.807, 2.05) is 13.8 Å². The van der Waals surface area contributed by atoms with Crippen LogP contribution in [0.3, 0.4) is 0 Å². The molecule has 166 valence electrons. The number of aliphatic hydroxyl groups is 1. The fraction of sp³-hybridized carbons (Fsp3) is 0.889. The van der Waals surface area contributed by atoms with Gasteiger partial charge in [-0.15, -0.1) is 0 Å². The van der Waals surface area contributed by atoms with Crippen molar-refractivity contribution in [1.29, 1.82) is 0 Å². The van der Waals surface area contributed by atoms with Crippen LogP contribution >= 0.6 is 7.37 Å². The average Bonchev–Trinajstić information content (AvgIpc) is 2.58. The monoisotopic (exact) mass is 423 g/mol.